The number of halogens is 2. The lowest BCUT2D eigenvalue weighted by molar-refractivity contribution is 0.337. The Morgan fingerprint density at radius 1 is 1.00 bits per heavy atom. The SMILES string of the molecule is COc1nc(OC)nc(C(Br)Br)n1. The van der Waals surface area contributed by atoms with Crippen LogP contribution in [-0.2, 0) is 0 Å². The van der Waals surface area contributed by atoms with Gasteiger partial charge in [-0.25, -0.2) is 0 Å². The normalized spacial score (nSPS) is 10.2. The molecule has 1 rings (SSSR count). The summed E-state index contributed by atoms with van der Waals surface area (Å²) in [5.41, 5.74) is 0. The molecule has 72 valence electrons. The second kappa shape index (κ2) is 4.71. The Hall–Kier alpha value is -0.430. The summed E-state index contributed by atoms with van der Waals surface area (Å²) >= 11 is 6.52. The molecular formula is C6H7Br2N3O2. The number of alkyl halides is 2. The van der Waals surface area contributed by atoms with Crippen molar-refractivity contribution < 1.29 is 9.47 Å². The van der Waals surface area contributed by atoms with E-state index in [-0.39, 0.29) is 15.8 Å². The number of hydrogen-bond acceptors (Lipinski definition) is 5. The van der Waals surface area contributed by atoms with Crippen LogP contribution < -0.4 is 9.47 Å². The summed E-state index contributed by atoms with van der Waals surface area (Å²) in [6.45, 7) is 0. The number of rotatable bonds is 3. The summed E-state index contributed by atoms with van der Waals surface area (Å²) in [7, 11) is 2.96. The van der Waals surface area contributed by atoms with E-state index >= 15 is 0 Å². The second-order valence-corrected chi connectivity index (χ2v) is 5.03. The van der Waals surface area contributed by atoms with Crippen molar-refractivity contribution in [1.82, 2.24) is 15.0 Å². The molecule has 13 heavy (non-hydrogen) atoms. The van der Waals surface area contributed by atoms with Gasteiger partial charge < -0.3 is 9.47 Å². The molecule has 0 N–H and O–H groups in total. The van der Waals surface area contributed by atoms with Gasteiger partial charge in [-0.05, 0) is 0 Å². The van der Waals surface area contributed by atoms with Gasteiger partial charge >= 0.3 is 12.0 Å². The highest BCUT2D eigenvalue weighted by Crippen LogP contribution is 2.27. The van der Waals surface area contributed by atoms with Crippen LogP contribution in [0.3, 0.4) is 0 Å². The smallest absolute Gasteiger partial charge is 0.322 e. The fourth-order valence-corrected chi connectivity index (χ4v) is 1.04. The van der Waals surface area contributed by atoms with Crippen LogP contribution in [0.15, 0.2) is 0 Å². The molecule has 0 aliphatic carbocycles. The van der Waals surface area contributed by atoms with E-state index in [0.717, 1.165) is 0 Å². The van der Waals surface area contributed by atoms with E-state index in [4.69, 9.17) is 9.47 Å². The maximum absolute atomic E-state index is 4.86. The summed E-state index contributed by atoms with van der Waals surface area (Å²) in [6.07, 6.45) is 0. The standard InChI is InChI=1S/C6H7Br2N3O2/c1-12-5-9-4(3(7)8)10-6(11-5)13-2/h3H,1-2H3. The molecule has 0 fully saturated rings. The van der Waals surface area contributed by atoms with Crippen molar-refractivity contribution in [2.24, 2.45) is 0 Å². The van der Waals surface area contributed by atoms with Crippen LogP contribution in [0.1, 0.15) is 9.56 Å². The van der Waals surface area contributed by atoms with Crippen molar-refractivity contribution in [2.75, 3.05) is 14.2 Å². The summed E-state index contributed by atoms with van der Waals surface area (Å²) in [4.78, 5) is 11.8. The fraction of sp³-hybridized carbons (Fsp3) is 0.500. The highest BCUT2D eigenvalue weighted by atomic mass is 79.9. The second-order valence-electron chi connectivity index (χ2n) is 1.97. The van der Waals surface area contributed by atoms with Crippen LogP contribution in [0, 0.1) is 0 Å². The Balaban J connectivity index is 3.07. The van der Waals surface area contributed by atoms with E-state index in [1.54, 1.807) is 0 Å². The van der Waals surface area contributed by atoms with E-state index in [0.29, 0.717) is 5.82 Å². The molecule has 1 heterocycles. The molecule has 0 spiro atoms. The van der Waals surface area contributed by atoms with E-state index in [2.05, 4.69) is 46.8 Å². The van der Waals surface area contributed by atoms with Gasteiger partial charge in [0.1, 0.15) is 3.74 Å². The average molecular weight is 313 g/mol. The Bertz CT molecular complexity index is 273. The van der Waals surface area contributed by atoms with Gasteiger partial charge in [-0.15, -0.1) is 4.98 Å². The lowest BCUT2D eigenvalue weighted by Crippen LogP contribution is -2.02. The van der Waals surface area contributed by atoms with Gasteiger partial charge in [-0.3, -0.25) is 0 Å². The molecule has 0 aromatic carbocycles. The van der Waals surface area contributed by atoms with Gasteiger partial charge in [0.05, 0.1) is 14.2 Å². The minimum Gasteiger partial charge on any atom is -0.467 e. The Kier molecular flexibility index (Phi) is 3.86. The van der Waals surface area contributed by atoms with Crippen LogP contribution >= 0.6 is 31.9 Å². The monoisotopic (exact) mass is 311 g/mol. The Labute approximate surface area is 92.1 Å². The van der Waals surface area contributed by atoms with E-state index < -0.39 is 0 Å². The number of aromatic nitrogens is 3. The van der Waals surface area contributed by atoms with Crippen LogP contribution in [0.25, 0.3) is 0 Å². The minimum atomic E-state index is -0.147. The average Bonchev–Trinajstić information content (AvgIpc) is 2.16. The fourth-order valence-electron chi connectivity index (χ4n) is 0.633. The summed E-state index contributed by atoms with van der Waals surface area (Å²) < 4.78 is 9.58. The van der Waals surface area contributed by atoms with Crippen molar-refractivity contribution in [3.8, 4) is 12.0 Å². The number of methoxy groups -OCH3 is 2. The first-order valence-corrected chi connectivity index (χ1v) is 5.12. The minimum absolute atomic E-state index is 0.147. The predicted molar refractivity (Wildman–Crippen MR) is 53.5 cm³/mol. The number of nitrogens with zero attached hydrogens (tertiary/aromatic N) is 3. The Morgan fingerprint density at radius 3 is 1.77 bits per heavy atom. The number of ether oxygens (including phenoxy) is 2. The van der Waals surface area contributed by atoms with Gasteiger partial charge in [0.25, 0.3) is 0 Å². The molecule has 7 heteroatoms. The predicted octanol–water partition coefficient (Wildman–Crippen LogP) is 1.68. The summed E-state index contributed by atoms with van der Waals surface area (Å²) in [5.74, 6) is 0.503. The molecule has 0 aliphatic heterocycles. The van der Waals surface area contributed by atoms with Gasteiger partial charge in [0.15, 0.2) is 5.82 Å². The van der Waals surface area contributed by atoms with Crippen LogP contribution in [0.2, 0.25) is 0 Å². The zero-order valence-electron chi connectivity index (χ0n) is 6.99. The van der Waals surface area contributed by atoms with Gasteiger partial charge in [-0.1, -0.05) is 31.9 Å². The van der Waals surface area contributed by atoms with Crippen molar-refractivity contribution in [3.05, 3.63) is 5.82 Å². The van der Waals surface area contributed by atoms with Crippen molar-refractivity contribution in [1.29, 1.82) is 0 Å². The molecule has 1 aromatic heterocycles. The number of hydrogen-bond donors (Lipinski definition) is 0. The first-order valence-electron chi connectivity index (χ1n) is 3.29. The molecule has 0 aliphatic rings. The Morgan fingerprint density at radius 2 is 1.46 bits per heavy atom. The van der Waals surface area contributed by atoms with E-state index in [9.17, 15) is 0 Å². The highest BCUT2D eigenvalue weighted by molar-refractivity contribution is 9.24. The van der Waals surface area contributed by atoms with Gasteiger partial charge in [-0.2, -0.15) is 9.97 Å². The quantitative estimate of drug-likeness (QED) is 0.795. The van der Waals surface area contributed by atoms with Gasteiger partial charge in [0.2, 0.25) is 0 Å². The lowest BCUT2D eigenvalue weighted by Gasteiger charge is -2.04. The molecule has 0 unspecified atom stereocenters. The largest absolute Gasteiger partial charge is 0.467 e. The van der Waals surface area contributed by atoms with Crippen molar-refractivity contribution >= 4 is 31.9 Å². The third kappa shape index (κ3) is 2.77. The first-order chi connectivity index (χ1) is 6.17. The van der Waals surface area contributed by atoms with E-state index in [1.807, 2.05) is 0 Å². The zero-order valence-corrected chi connectivity index (χ0v) is 10.2. The van der Waals surface area contributed by atoms with Crippen molar-refractivity contribution in [3.63, 3.8) is 0 Å². The third-order valence-electron chi connectivity index (χ3n) is 1.17. The first kappa shape index (κ1) is 10.6. The lowest BCUT2D eigenvalue weighted by atomic mass is 10.7. The van der Waals surface area contributed by atoms with Crippen molar-refractivity contribution in [2.45, 2.75) is 3.74 Å². The molecule has 0 amide bonds. The summed E-state index contributed by atoms with van der Waals surface area (Å²) in [6, 6.07) is 0.455. The molecule has 0 radical (unpaired) electrons. The zero-order chi connectivity index (χ0) is 9.84. The van der Waals surface area contributed by atoms with Crippen LogP contribution in [0.5, 0.6) is 12.0 Å². The molecule has 0 bridgehead atoms. The molecular weight excluding hydrogens is 306 g/mol. The maximum Gasteiger partial charge on any atom is 0.322 e. The molecule has 1 aromatic rings. The van der Waals surface area contributed by atoms with Crippen LogP contribution in [0.4, 0.5) is 0 Å². The summed E-state index contributed by atoms with van der Waals surface area (Å²) in [5, 5.41) is 0. The van der Waals surface area contributed by atoms with Crippen LogP contribution in [-0.4, -0.2) is 29.2 Å². The molecule has 5 nitrogen and oxygen atoms in total. The maximum atomic E-state index is 4.86. The van der Waals surface area contributed by atoms with E-state index in [1.165, 1.54) is 14.2 Å². The van der Waals surface area contributed by atoms with Gasteiger partial charge in [0, 0.05) is 0 Å². The highest BCUT2D eigenvalue weighted by Gasteiger charge is 2.11. The molecule has 0 saturated heterocycles. The third-order valence-corrected chi connectivity index (χ3v) is 1.99. The molecule has 0 atom stereocenters. The molecule has 0 saturated carbocycles. The topological polar surface area (TPSA) is 57.1 Å².